The second-order valence-electron chi connectivity index (χ2n) is 11.7. The van der Waals surface area contributed by atoms with Crippen LogP contribution in [0.4, 0.5) is 0 Å². The summed E-state index contributed by atoms with van der Waals surface area (Å²) in [5.41, 5.74) is 0.960. The van der Waals surface area contributed by atoms with Gasteiger partial charge in [-0.15, -0.1) is 0 Å². The predicted octanol–water partition coefficient (Wildman–Crippen LogP) is 6.53. The van der Waals surface area contributed by atoms with Crippen molar-refractivity contribution in [3.63, 3.8) is 0 Å². The van der Waals surface area contributed by atoms with Crippen LogP contribution in [0.15, 0.2) is 4.63 Å². The van der Waals surface area contributed by atoms with Gasteiger partial charge in [-0.3, -0.25) is 14.9 Å². The van der Waals surface area contributed by atoms with Crippen molar-refractivity contribution in [2.45, 2.75) is 166 Å². The van der Waals surface area contributed by atoms with Crippen LogP contribution in [0.25, 0.3) is 0 Å². The molecule has 40 heavy (non-hydrogen) atoms. The third-order valence-electron chi connectivity index (χ3n) is 8.35. The number of aromatic nitrogens is 2. The summed E-state index contributed by atoms with van der Waals surface area (Å²) in [7, 11) is 0. The summed E-state index contributed by atoms with van der Waals surface area (Å²) in [6, 6.07) is -1.46. The lowest BCUT2D eigenvalue weighted by Gasteiger charge is -2.22. The number of aliphatic hydroxyl groups excluding tert-OH is 2. The lowest BCUT2D eigenvalue weighted by Crippen LogP contribution is -2.45. The van der Waals surface area contributed by atoms with E-state index in [2.05, 4.69) is 22.6 Å². The molecule has 0 aliphatic heterocycles. The SMILES string of the molecule is CCCCCCCCCCCCCCC[C@@H](O)[C@H](CO)NC(=O)CCCCC[C@@H]1CC[C@@H]([N+](=O)[O-])c2nonc21. The van der Waals surface area contributed by atoms with E-state index in [0.29, 0.717) is 43.5 Å². The molecule has 10 nitrogen and oxygen atoms in total. The molecule has 0 bridgehead atoms. The van der Waals surface area contributed by atoms with E-state index in [1.54, 1.807) is 0 Å². The molecule has 3 N–H and O–H groups in total. The number of carbonyl (C=O) groups is 1. The standard InChI is InChI=1S/C30H54N4O6/c1-2-3-4-5-6-7-8-9-10-11-12-13-16-19-27(36)25(23-35)31-28(37)20-17-14-15-18-24-21-22-26(34(38)39)30-29(24)32-40-33-30/h24-27,35-36H,2-23H2,1H3,(H,31,37)/t24-,25+,26-,27-/m1/s1. The summed E-state index contributed by atoms with van der Waals surface area (Å²) in [4.78, 5) is 23.3. The third kappa shape index (κ3) is 13.1. The molecule has 0 fully saturated rings. The lowest BCUT2D eigenvalue weighted by molar-refractivity contribution is -0.532. The number of hydrogen-bond donors (Lipinski definition) is 3. The molecule has 0 spiro atoms. The average molecular weight is 567 g/mol. The maximum atomic E-state index is 12.4. The molecular formula is C30H54N4O6. The predicted molar refractivity (Wildman–Crippen MR) is 154 cm³/mol. The molecule has 2 rings (SSSR count). The number of unbranched alkanes of at least 4 members (excludes halogenated alkanes) is 14. The molecule has 0 unspecified atom stereocenters. The molecule has 10 heteroatoms. The maximum Gasteiger partial charge on any atom is 0.260 e. The molecule has 0 saturated carbocycles. The Morgan fingerprint density at radius 1 is 0.925 bits per heavy atom. The monoisotopic (exact) mass is 566 g/mol. The van der Waals surface area contributed by atoms with Gasteiger partial charge in [-0.05, 0) is 30.8 Å². The minimum atomic E-state index is -0.833. The van der Waals surface area contributed by atoms with Crippen molar-refractivity contribution in [2.24, 2.45) is 0 Å². The molecule has 1 aliphatic carbocycles. The highest BCUT2D eigenvalue weighted by molar-refractivity contribution is 5.76. The van der Waals surface area contributed by atoms with E-state index < -0.39 is 18.2 Å². The van der Waals surface area contributed by atoms with Crippen LogP contribution in [-0.4, -0.2) is 50.1 Å². The Morgan fingerprint density at radius 3 is 2.10 bits per heavy atom. The van der Waals surface area contributed by atoms with Crippen LogP contribution in [0.5, 0.6) is 0 Å². The van der Waals surface area contributed by atoms with Crippen LogP contribution in [0.1, 0.15) is 165 Å². The summed E-state index contributed by atoms with van der Waals surface area (Å²) in [6.07, 6.45) is 21.1. The summed E-state index contributed by atoms with van der Waals surface area (Å²) < 4.78 is 4.78. The zero-order valence-corrected chi connectivity index (χ0v) is 24.7. The summed E-state index contributed by atoms with van der Waals surface area (Å²) in [5, 5.41) is 41.8. The van der Waals surface area contributed by atoms with Crippen molar-refractivity contribution in [3.8, 4) is 0 Å². The zero-order valence-electron chi connectivity index (χ0n) is 24.7. The van der Waals surface area contributed by atoms with Crippen molar-refractivity contribution in [1.29, 1.82) is 0 Å². The highest BCUT2D eigenvalue weighted by Crippen LogP contribution is 2.39. The normalized spacial score (nSPS) is 18.3. The molecule has 1 heterocycles. The Kier molecular flexibility index (Phi) is 17.7. The first kappa shape index (κ1) is 34.1. The fourth-order valence-electron chi connectivity index (χ4n) is 5.80. The molecule has 230 valence electrons. The average Bonchev–Trinajstić information content (AvgIpc) is 3.44. The molecule has 0 saturated heterocycles. The quantitative estimate of drug-likeness (QED) is 0.0725. The molecule has 1 aliphatic rings. The van der Waals surface area contributed by atoms with Gasteiger partial charge in [-0.2, -0.15) is 0 Å². The Balaban J connectivity index is 1.48. The number of hydrogen-bond acceptors (Lipinski definition) is 8. The lowest BCUT2D eigenvalue weighted by atomic mass is 9.84. The highest BCUT2D eigenvalue weighted by Gasteiger charge is 2.38. The first-order chi connectivity index (χ1) is 19.5. The van der Waals surface area contributed by atoms with Crippen LogP contribution in [0.2, 0.25) is 0 Å². The third-order valence-corrected chi connectivity index (χ3v) is 8.35. The number of nitro groups is 1. The first-order valence-corrected chi connectivity index (χ1v) is 16.0. The Hall–Kier alpha value is -2.07. The topological polar surface area (TPSA) is 152 Å². The maximum absolute atomic E-state index is 12.4. The van der Waals surface area contributed by atoms with Gasteiger partial charge in [0.2, 0.25) is 5.91 Å². The smallest absolute Gasteiger partial charge is 0.260 e. The molecule has 0 aromatic carbocycles. The van der Waals surface area contributed by atoms with Crippen molar-refractivity contribution >= 4 is 5.91 Å². The number of nitrogens with zero attached hydrogens (tertiary/aromatic N) is 3. The summed E-state index contributed by atoms with van der Waals surface area (Å²) >= 11 is 0. The van der Waals surface area contributed by atoms with Gasteiger partial charge in [-0.25, -0.2) is 4.63 Å². The fourth-order valence-corrected chi connectivity index (χ4v) is 5.80. The van der Waals surface area contributed by atoms with Gasteiger partial charge < -0.3 is 15.5 Å². The van der Waals surface area contributed by atoms with Gasteiger partial charge in [0.25, 0.3) is 6.04 Å². The summed E-state index contributed by atoms with van der Waals surface area (Å²) in [6.45, 7) is 1.98. The van der Waals surface area contributed by atoms with E-state index in [-0.39, 0.29) is 23.4 Å². The second-order valence-corrected chi connectivity index (χ2v) is 11.7. The second kappa shape index (κ2) is 20.8. The van der Waals surface area contributed by atoms with Crippen LogP contribution < -0.4 is 5.32 Å². The van der Waals surface area contributed by atoms with Crippen molar-refractivity contribution in [3.05, 3.63) is 21.5 Å². The zero-order chi connectivity index (χ0) is 29.0. The Bertz CT molecular complexity index is 820. The van der Waals surface area contributed by atoms with Gasteiger partial charge >= 0.3 is 0 Å². The van der Waals surface area contributed by atoms with Crippen molar-refractivity contribution in [1.82, 2.24) is 15.6 Å². The van der Waals surface area contributed by atoms with Gasteiger partial charge in [-0.1, -0.05) is 108 Å². The molecule has 4 atom stereocenters. The van der Waals surface area contributed by atoms with Gasteiger partial charge in [0, 0.05) is 23.7 Å². The number of rotatable bonds is 24. The largest absolute Gasteiger partial charge is 0.394 e. The van der Waals surface area contributed by atoms with Crippen molar-refractivity contribution in [2.75, 3.05) is 6.61 Å². The van der Waals surface area contributed by atoms with Gasteiger partial charge in [0.15, 0.2) is 5.69 Å². The van der Waals surface area contributed by atoms with E-state index in [1.165, 1.54) is 70.6 Å². The van der Waals surface area contributed by atoms with E-state index in [1.807, 2.05) is 0 Å². The van der Waals surface area contributed by atoms with Crippen LogP contribution in [0.3, 0.4) is 0 Å². The van der Waals surface area contributed by atoms with E-state index >= 15 is 0 Å². The van der Waals surface area contributed by atoms with Crippen LogP contribution in [0, 0.1) is 10.1 Å². The first-order valence-electron chi connectivity index (χ1n) is 16.0. The molecule has 1 aromatic rings. The molecular weight excluding hydrogens is 512 g/mol. The van der Waals surface area contributed by atoms with E-state index in [9.17, 15) is 25.1 Å². The number of nitrogens with one attached hydrogen (secondary N) is 1. The molecule has 1 aromatic heterocycles. The van der Waals surface area contributed by atoms with Crippen molar-refractivity contribution < 1.29 is 24.6 Å². The number of amides is 1. The van der Waals surface area contributed by atoms with Gasteiger partial charge in [0.05, 0.1) is 18.8 Å². The minimum Gasteiger partial charge on any atom is -0.394 e. The fraction of sp³-hybridized carbons (Fsp3) is 0.900. The highest BCUT2D eigenvalue weighted by atomic mass is 16.6. The number of aliphatic hydroxyl groups is 2. The summed E-state index contributed by atoms with van der Waals surface area (Å²) in [5.74, 6) is -0.0526. The Morgan fingerprint density at radius 2 is 1.50 bits per heavy atom. The Labute approximate surface area is 240 Å². The number of fused-ring (bicyclic) bond motifs is 1. The molecule has 1 amide bonds. The van der Waals surface area contributed by atoms with Gasteiger partial charge in [0.1, 0.15) is 5.69 Å². The molecule has 0 radical (unpaired) electrons. The number of carbonyl (C=O) groups excluding carboxylic acids is 1. The van der Waals surface area contributed by atoms with E-state index in [4.69, 9.17) is 4.63 Å². The van der Waals surface area contributed by atoms with Crippen LogP contribution in [-0.2, 0) is 4.79 Å². The minimum absolute atomic E-state index is 0.102. The van der Waals surface area contributed by atoms with Crippen LogP contribution >= 0.6 is 0 Å². The van der Waals surface area contributed by atoms with E-state index in [0.717, 1.165) is 32.1 Å².